The van der Waals surface area contributed by atoms with Crippen LogP contribution in [-0.2, 0) is 9.57 Å². The molecule has 1 fully saturated rings. The van der Waals surface area contributed by atoms with Crippen LogP contribution in [0, 0.1) is 0 Å². The standard InChI is InChI=1S/C12H25N3O3/c1-12(2,3)18-11(16)15-8-6-14(7-9-15)5-4-10-17-13/h4-10,13H2,1-3H3. The molecule has 0 aromatic heterocycles. The molecule has 0 aromatic carbocycles. The number of nitrogens with zero attached hydrogens (tertiary/aromatic N) is 2. The molecule has 18 heavy (non-hydrogen) atoms. The number of ether oxygens (including phenoxy) is 1. The van der Waals surface area contributed by atoms with Gasteiger partial charge in [-0.1, -0.05) is 0 Å². The molecule has 2 N–H and O–H groups in total. The molecular weight excluding hydrogens is 234 g/mol. The summed E-state index contributed by atoms with van der Waals surface area (Å²) in [4.78, 5) is 20.4. The van der Waals surface area contributed by atoms with E-state index in [-0.39, 0.29) is 6.09 Å². The van der Waals surface area contributed by atoms with Crippen molar-refractivity contribution in [3.63, 3.8) is 0 Å². The first-order valence-electron chi connectivity index (χ1n) is 6.44. The van der Waals surface area contributed by atoms with Crippen LogP contribution in [0.25, 0.3) is 0 Å². The molecule has 6 nitrogen and oxygen atoms in total. The van der Waals surface area contributed by atoms with Crippen LogP contribution in [0.15, 0.2) is 0 Å². The van der Waals surface area contributed by atoms with Gasteiger partial charge in [-0.3, -0.25) is 4.90 Å². The number of carbonyl (C=O) groups is 1. The lowest BCUT2D eigenvalue weighted by atomic mass is 10.2. The summed E-state index contributed by atoms with van der Waals surface area (Å²) in [5.41, 5.74) is -0.424. The molecule has 1 aliphatic rings. The maximum Gasteiger partial charge on any atom is 0.410 e. The third-order valence-corrected chi connectivity index (χ3v) is 2.76. The third-order valence-electron chi connectivity index (χ3n) is 2.76. The Bertz CT molecular complexity index is 258. The van der Waals surface area contributed by atoms with E-state index < -0.39 is 5.60 Å². The topological polar surface area (TPSA) is 68.0 Å². The summed E-state index contributed by atoms with van der Waals surface area (Å²) >= 11 is 0. The average molecular weight is 259 g/mol. The molecule has 0 aromatic rings. The highest BCUT2D eigenvalue weighted by molar-refractivity contribution is 5.68. The van der Waals surface area contributed by atoms with Crippen molar-refractivity contribution in [2.75, 3.05) is 39.3 Å². The van der Waals surface area contributed by atoms with E-state index in [1.54, 1.807) is 4.90 Å². The molecule has 0 spiro atoms. The maximum atomic E-state index is 11.8. The highest BCUT2D eigenvalue weighted by atomic mass is 16.6. The fraction of sp³-hybridized carbons (Fsp3) is 0.917. The molecule has 0 unspecified atom stereocenters. The minimum absolute atomic E-state index is 0.215. The van der Waals surface area contributed by atoms with Crippen LogP contribution in [0.3, 0.4) is 0 Å². The molecule has 0 aliphatic carbocycles. The molecular formula is C12H25N3O3. The van der Waals surface area contributed by atoms with E-state index in [1.165, 1.54) is 0 Å². The highest BCUT2D eigenvalue weighted by Crippen LogP contribution is 2.11. The van der Waals surface area contributed by atoms with Crippen LogP contribution < -0.4 is 5.90 Å². The van der Waals surface area contributed by atoms with Crippen molar-refractivity contribution in [2.45, 2.75) is 32.8 Å². The predicted octanol–water partition coefficient (Wildman–Crippen LogP) is 0.820. The maximum absolute atomic E-state index is 11.8. The Balaban J connectivity index is 2.24. The van der Waals surface area contributed by atoms with Crippen molar-refractivity contribution in [1.29, 1.82) is 0 Å². The molecule has 0 saturated carbocycles. The van der Waals surface area contributed by atoms with E-state index in [0.29, 0.717) is 6.61 Å². The molecule has 106 valence electrons. The van der Waals surface area contributed by atoms with E-state index >= 15 is 0 Å². The molecule has 1 amide bonds. The van der Waals surface area contributed by atoms with Gasteiger partial charge in [0.25, 0.3) is 0 Å². The van der Waals surface area contributed by atoms with Crippen molar-refractivity contribution < 1.29 is 14.4 Å². The zero-order valence-corrected chi connectivity index (χ0v) is 11.6. The van der Waals surface area contributed by atoms with Crippen LogP contribution in [0.4, 0.5) is 4.79 Å². The van der Waals surface area contributed by atoms with Crippen molar-refractivity contribution in [1.82, 2.24) is 9.80 Å². The minimum Gasteiger partial charge on any atom is -0.444 e. The fourth-order valence-corrected chi connectivity index (χ4v) is 1.85. The van der Waals surface area contributed by atoms with Crippen molar-refractivity contribution in [3.05, 3.63) is 0 Å². The fourth-order valence-electron chi connectivity index (χ4n) is 1.85. The monoisotopic (exact) mass is 259 g/mol. The van der Waals surface area contributed by atoms with E-state index in [0.717, 1.165) is 39.1 Å². The van der Waals surface area contributed by atoms with Gasteiger partial charge < -0.3 is 14.5 Å². The van der Waals surface area contributed by atoms with Gasteiger partial charge in [-0.25, -0.2) is 10.7 Å². The van der Waals surface area contributed by atoms with Crippen LogP contribution in [-0.4, -0.2) is 60.8 Å². The largest absolute Gasteiger partial charge is 0.444 e. The molecule has 0 bridgehead atoms. The quantitative estimate of drug-likeness (QED) is 0.598. The lowest BCUT2D eigenvalue weighted by molar-refractivity contribution is 0.0136. The van der Waals surface area contributed by atoms with Gasteiger partial charge in [0.1, 0.15) is 5.60 Å². The Labute approximate surface area is 109 Å². The van der Waals surface area contributed by atoms with Gasteiger partial charge in [0, 0.05) is 32.7 Å². The minimum atomic E-state index is -0.424. The Morgan fingerprint density at radius 3 is 2.33 bits per heavy atom. The molecule has 0 radical (unpaired) electrons. The molecule has 1 aliphatic heterocycles. The lowest BCUT2D eigenvalue weighted by Crippen LogP contribution is -2.50. The zero-order chi connectivity index (χ0) is 13.6. The number of nitrogens with two attached hydrogens (primary N) is 1. The Morgan fingerprint density at radius 1 is 1.22 bits per heavy atom. The van der Waals surface area contributed by atoms with Crippen LogP contribution in [0.5, 0.6) is 0 Å². The van der Waals surface area contributed by atoms with Gasteiger partial charge in [-0.2, -0.15) is 0 Å². The second-order valence-corrected chi connectivity index (χ2v) is 5.53. The van der Waals surface area contributed by atoms with E-state index in [9.17, 15) is 4.79 Å². The summed E-state index contributed by atoms with van der Waals surface area (Å²) < 4.78 is 5.34. The van der Waals surface area contributed by atoms with E-state index in [2.05, 4.69) is 9.74 Å². The highest BCUT2D eigenvalue weighted by Gasteiger charge is 2.25. The molecule has 1 saturated heterocycles. The summed E-state index contributed by atoms with van der Waals surface area (Å²) in [6.07, 6.45) is 0.704. The van der Waals surface area contributed by atoms with Gasteiger partial charge in [-0.05, 0) is 27.2 Å². The van der Waals surface area contributed by atoms with E-state index in [4.69, 9.17) is 10.6 Å². The van der Waals surface area contributed by atoms with Gasteiger partial charge in [-0.15, -0.1) is 0 Å². The smallest absolute Gasteiger partial charge is 0.410 e. The van der Waals surface area contributed by atoms with Gasteiger partial charge in [0.05, 0.1) is 6.61 Å². The van der Waals surface area contributed by atoms with E-state index in [1.807, 2.05) is 20.8 Å². The zero-order valence-electron chi connectivity index (χ0n) is 11.6. The average Bonchev–Trinajstić information content (AvgIpc) is 2.28. The SMILES string of the molecule is CC(C)(C)OC(=O)N1CCN(CCCON)CC1. The normalized spacial score (nSPS) is 17.9. The number of amides is 1. The van der Waals surface area contributed by atoms with Crippen molar-refractivity contribution >= 4 is 6.09 Å². The van der Waals surface area contributed by atoms with Crippen molar-refractivity contribution in [3.8, 4) is 0 Å². The Kier molecular flexibility index (Phi) is 5.84. The van der Waals surface area contributed by atoms with Crippen molar-refractivity contribution in [2.24, 2.45) is 5.90 Å². The molecule has 1 heterocycles. The first-order chi connectivity index (χ1) is 8.42. The second kappa shape index (κ2) is 6.92. The second-order valence-electron chi connectivity index (χ2n) is 5.53. The summed E-state index contributed by atoms with van der Waals surface area (Å²) in [7, 11) is 0. The molecule has 0 atom stereocenters. The third kappa shape index (κ3) is 5.66. The van der Waals surface area contributed by atoms with Gasteiger partial charge in [0.15, 0.2) is 0 Å². The molecule has 6 heteroatoms. The number of hydrogen-bond acceptors (Lipinski definition) is 5. The Hall–Kier alpha value is -0.850. The summed E-state index contributed by atoms with van der Waals surface area (Å²) in [5.74, 6) is 4.98. The molecule has 1 rings (SSSR count). The van der Waals surface area contributed by atoms with Crippen LogP contribution in [0.1, 0.15) is 27.2 Å². The number of rotatable bonds is 4. The van der Waals surface area contributed by atoms with Gasteiger partial charge >= 0.3 is 6.09 Å². The lowest BCUT2D eigenvalue weighted by Gasteiger charge is -2.35. The number of carbonyl (C=O) groups excluding carboxylic acids is 1. The number of hydrogen-bond donors (Lipinski definition) is 1. The Morgan fingerprint density at radius 2 is 1.83 bits per heavy atom. The first kappa shape index (κ1) is 15.2. The summed E-state index contributed by atoms with van der Waals surface area (Å²) in [5, 5.41) is 0. The summed E-state index contributed by atoms with van der Waals surface area (Å²) in [6, 6.07) is 0. The van der Waals surface area contributed by atoms with Crippen LogP contribution in [0.2, 0.25) is 0 Å². The number of piperazine rings is 1. The van der Waals surface area contributed by atoms with Gasteiger partial charge in [0.2, 0.25) is 0 Å². The van der Waals surface area contributed by atoms with Crippen LogP contribution >= 0.6 is 0 Å². The predicted molar refractivity (Wildman–Crippen MR) is 69.0 cm³/mol. The first-order valence-corrected chi connectivity index (χ1v) is 6.44. The summed E-state index contributed by atoms with van der Waals surface area (Å²) in [6.45, 7) is 10.4.